The summed E-state index contributed by atoms with van der Waals surface area (Å²) in [5.74, 6) is 3.68. The number of nitrogens with zero attached hydrogens (tertiary/aromatic N) is 1. The molecular weight excluding hydrogens is 197 g/mol. The van der Waals surface area contributed by atoms with Crippen LogP contribution in [-0.2, 0) is 0 Å². The molecule has 0 atom stereocenters. The molecule has 4 nitrogen and oxygen atoms in total. The normalized spacial score (nSPS) is 10.3. The lowest BCUT2D eigenvalue weighted by molar-refractivity contribution is 0.0950. The third kappa shape index (κ3) is 1.64. The summed E-state index contributed by atoms with van der Waals surface area (Å²) in [7, 11) is 0. The summed E-state index contributed by atoms with van der Waals surface area (Å²) in [5, 5.41) is 1.38. The van der Waals surface area contributed by atoms with E-state index in [0.29, 0.717) is 5.39 Å². The molecule has 2 rings (SSSR count). The van der Waals surface area contributed by atoms with Gasteiger partial charge in [-0.05, 0) is 23.6 Å². The van der Waals surface area contributed by atoms with Crippen LogP contribution in [0.3, 0.4) is 0 Å². The molecule has 2 aromatic rings. The molecule has 0 fully saturated rings. The minimum atomic E-state index is -0.647. The van der Waals surface area contributed by atoms with Crippen molar-refractivity contribution in [2.24, 2.45) is 5.84 Å². The number of fused-ring (bicyclic) bond motifs is 1. The van der Waals surface area contributed by atoms with Crippen LogP contribution in [0.25, 0.3) is 10.8 Å². The average molecular weight is 205 g/mol. The molecule has 5 heteroatoms. The number of rotatable bonds is 1. The highest BCUT2D eigenvalue weighted by atomic mass is 19.1. The average Bonchev–Trinajstić information content (AvgIpc) is 2.27. The van der Waals surface area contributed by atoms with Gasteiger partial charge in [-0.15, -0.1) is 0 Å². The lowest BCUT2D eigenvalue weighted by Crippen LogP contribution is -2.30. The molecule has 0 saturated carbocycles. The number of nitrogens with two attached hydrogens (primary N) is 1. The summed E-state index contributed by atoms with van der Waals surface area (Å²) < 4.78 is 13.4. The zero-order valence-corrected chi connectivity index (χ0v) is 7.70. The molecule has 1 heterocycles. The van der Waals surface area contributed by atoms with Crippen LogP contribution in [0.1, 0.15) is 10.4 Å². The van der Waals surface area contributed by atoms with Crippen LogP contribution in [0.5, 0.6) is 0 Å². The Labute approximate surface area is 84.9 Å². The molecule has 1 amide bonds. The Morgan fingerprint density at radius 1 is 1.40 bits per heavy atom. The van der Waals surface area contributed by atoms with Crippen LogP contribution in [-0.4, -0.2) is 10.9 Å². The highest BCUT2D eigenvalue weighted by molar-refractivity contribution is 5.98. The summed E-state index contributed by atoms with van der Waals surface area (Å²) in [6, 6.07) is 4.39. The van der Waals surface area contributed by atoms with Gasteiger partial charge in [0, 0.05) is 17.8 Å². The second kappa shape index (κ2) is 3.62. The maximum Gasteiger partial charge on any atom is 0.268 e. The third-order valence-electron chi connectivity index (χ3n) is 2.10. The predicted octanol–water partition coefficient (Wildman–Crippen LogP) is 0.977. The lowest BCUT2D eigenvalue weighted by Gasteiger charge is -2.03. The van der Waals surface area contributed by atoms with Gasteiger partial charge in [0.25, 0.3) is 5.91 Å². The number of aromatic nitrogens is 1. The van der Waals surface area contributed by atoms with Crippen molar-refractivity contribution in [2.75, 3.05) is 0 Å². The number of hydrogen-bond acceptors (Lipinski definition) is 3. The number of pyridine rings is 1. The number of amides is 1. The molecule has 76 valence electrons. The molecule has 0 spiro atoms. The van der Waals surface area contributed by atoms with Crippen molar-refractivity contribution in [3.63, 3.8) is 0 Å². The number of hydrogen-bond donors (Lipinski definition) is 2. The van der Waals surface area contributed by atoms with Crippen molar-refractivity contribution in [1.82, 2.24) is 10.4 Å². The van der Waals surface area contributed by atoms with Crippen molar-refractivity contribution in [1.29, 1.82) is 0 Å². The van der Waals surface area contributed by atoms with E-state index >= 15 is 0 Å². The summed E-state index contributed by atoms with van der Waals surface area (Å²) in [5.41, 5.74) is 1.82. The van der Waals surface area contributed by atoms with Gasteiger partial charge in [0.1, 0.15) is 5.82 Å². The van der Waals surface area contributed by atoms with Crippen LogP contribution in [0.2, 0.25) is 0 Å². The largest absolute Gasteiger partial charge is 0.290 e. The molecule has 1 aromatic carbocycles. The maximum absolute atomic E-state index is 13.4. The minimum Gasteiger partial charge on any atom is -0.290 e. The van der Waals surface area contributed by atoms with Crippen LogP contribution in [0.15, 0.2) is 30.6 Å². The van der Waals surface area contributed by atoms with Crippen LogP contribution < -0.4 is 11.3 Å². The highest BCUT2D eigenvalue weighted by Gasteiger charge is 2.11. The van der Waals surface area contributed by atoms with Gasteiger partial charge in [0.2, 0.25) is 0 Å². The molecule has 0 aliphatic rings. The fourth-order valence-electron chi connectivity index (χ4n) is 1.36. The molecule has 0 radical (unpaired) electrons. The smallest absolute Gasteiger partial charge is 0.268 e. The molecule has 0 bridgehead atoms. The molecule has 15 heavy (non-hydrogen) atoms. The first-order valence-corrected chi connectivity index (χ1v) is 4.26. The molecule has 1 aromatic heterocycles. The monoisotopic (exact) mass is 205 g/mol. The number of carbonyl (C=O) groups excluding carboxylic acids is 1. The first-order valence-electron chi connectivity index (χ1n) is 4.26. The first kappa shape index (κ1) is 9.54. The molecule has 0 unspecified atom stereocenters. The Kier molecular flexibility index (Phi) is 2.31. The number of nitrogen functional groups attached to an aromatic ring is 1. The number of benzene rings is 1. The molecule has 0 aliphatic heterocycles. The Hall–Kier alpha value is -2.01. The van der Waals surface area contributed by atoms with Gasteiger partial charge in [-0.25, -0.2) is 10.2 Å². The Bertz CT molecular complexity index is 527. The van der Waals surface area contributed by atoms with E-state index in [-0.39, 0.29) is 5.56 Å². The van der Waals surface area contributed by atoms with Gasteiger partial charge < -0.3 is 0 Å². The topological polar surface area (TPSA) is 68.0 Å². The second-order valence-electron chi connectivity index (χ2n) is 3.03. The Balaban J connectivity index is 2.67. The van der Waals surface area contributed by atoms with Crippen molar-refractivity contribution in [3.05, 3.63) is 42.0 Å². The number of nitrogens with one attached hydrogen (secondary N) is 1. The predicted molar refractivity (Wildman–Crippen MR) is 53.4 cm³/mol. The van der Waals surface area contributed by atoms with Gasteiger partial charge in [-0.2, -0.15) is 0 Å². The van der Waals surface area contributed by atoms with Crippen LogP contribution in [0, 0.1) is 5.82 Å². The fourth-order valence-corrected chi connectivity index (χ4v) is 1.36. The van der Waals surface area contributed by atoms with E-state index in [0.717, 1.165) is 5.39 Å². The number of halogens is 1. The van der Waals surface area contributed by atoms with E-state index in [1.54, 1.807) is 12.3 Å². The van der Waals surface area contributed by atoms with E-state index in [9.17, 15) is 9.18 Å². The molecule has 0 aliphatic carbocycles. The van der Waals surface area contributed by atoms with Gasteiger partial charge in [0.15, 0.2) is 0 Å². The zero-order chi connectivity index (χ0) is 10.8. The summed E-state index contributed by atoms with van der Waals surface area (Å²) in [6.45, 7) is 0. The summed E-state index contributed by atoms with van der Waals surface area (Å²) in [4.78, 5) is 15.0. The van der Waals surface area contributed by atoms with Crippen molar-refractivity contribution in [3.8, 4) is 0 Å². The number of hydrazine groups is 1. The SMILES string of the molecule is NNC(=O)c1cc2ccncc2cc1F. The van der Waals surface area contributed by atoms with E-state index in [1.807, 2.05) is 5.43 Å². The second-order valence-corrected chi connectivity index (χ2v) is 3.03. The molecule has 3 N–H and O–H groups in total. The first-order chi connectivity index (χ1) is 7.22. The van der Waals surface area contributed by atoms with Gasteiger partial charge in [-0.3, -0.25) is 15.2 Å². The number of carbonyl (C=O) groups is 1. The van der Waals surface area contributed by atoms with E-state index in [4.69, 9.17) is 5.84 Å². The molecule has 0 saturated heterocycles. The van der Waals surface area contributed by atoms with Crippen molar-refractivity contribution in [2.45, 2.75) is 0 Å². The lowest BCUT2D eigenvalue weighted by atomic mass is 10.1. The third-order valence-corrected chi connectivity index (χ3v) is 2.10. The van der Waals surface area contributed by atoms with Crippen molar-refractivity contribution >= 4 is 16.7 Å². The zero-order valence-electron chi connectivity index (χ0n) is 7.70. The van der Waals surface area contributed by atoms with E-state index < -0.39 is 11.7 Å². The van der Waals surface area contributed by atoms with Crippen LogP contribution in [0.4, 0.5) is 4.39 Å². The minimum absolute atomic E-state index is 0.0730. The Morgan fingerprint density at radius 2 is 2.20 bits per heavy atom. The molecular formula is C10H8FN3O. The van der Waals surface area contributed by atoms with Crippen LogP contribution >= 0.6 is 0 Å². The summed E-state index contributed by atoms with van der Waals surface area (Å²) in [6.07, 6.45) is 3.10. The summed E-state index contributed by atoms with van der Waals surface area (Å²) >= 11 is 0. The van der Waals surface area contributed by atoms with Crippen molar-refractivity contribution < 1.29 is 9.18 Å². The fraction of sp³-hybridized carbons (Fsp3) is 0. The van der Waals surface area contributed by atoms with Gasteiger partial charge in [-0.1, -0.05) is 0 Å². The standard InChI is InChI=1S/C10H8FN3O/c11-9-4-7-5-13-2-1-6(7)3-8(9)10(15)14-12/h1-5H,12H2,(H,14,15). The highest BCUT2D eigenvalue weighted by Crippen LogP contribution is 2.17. The van der Waals surface area contributed by atoms with E-state index in [2.05, 4.69) is 4.98 Å². The van der Waals surface area contributed by atoms with E-state index in [1.165, 1.54) is 18.3 Å². The van der Waals surface area contributed by atoms with Gasteiger partial charge >= 0.3 is 0 Å². The van der Waals surface area contributed by atoms with Gasteiger partial charge in [0.05, 0.1) is 5.56 Å². The maximum atomic E-state index is 13.4. The Morgan fingerprint density at radius 3 is 2.93 bits per heavy atom. The quantitative estimate of drug-likeness (QED) is 0.414.